The fourth-order valence-electron chi connectivity index (χ4n) is 1.74. The summed E-state index contributed by atoms with van der Waals surface area (Å²) >= 11 is 0. The monoisotopic (exact) mass is 279 g/mol. The summed E-state index contributed by atoms with van der Waals surface area (Å²) in [5.41, 5.74) is 3.17. The Morgan fingerprint density at radius 2 is 1.48 bits per heavy atom. The van der Waals surface area contributed by atoms with E-state index in [1.54, 1.807) is 25.4 Å². The summed E-state index contributed by atoms with van der Waals surface area (Å²) in [5.74, 6) is -0.320. The maximum absolute atomic E-state index is 11.2. The molecule has 0 saturated heterocycles. The van der Waals surface area contributed by atoms with Crippen molar-refractivity contribution in [3.63, 3.8) is 0 Å². The van der Waals surface area contributed by atoms with E-state index < -0.39 is 0 Å². The van der Waals surface area contributed by atoms with Crippen molar-refractivity contribution in [2.75, 3.05) is 6.61 Å². The Labute approximate surface area is 124 Å². The van der Waals surface area contributed by atoms with Gasteiger partial charge in [0.2, 0.25) is 0 Å². The van der Waals surface area contributed by atoms with E-state index >= 15 is 0 Å². The standard InChI is InChI=1S/C18H17NO2/c1-2-21-18(20)10-9-16-5-3-15(4-6-16)7-8-17-11-13-19-14-12-17/h3-14H,2H2,1H3. The van der Waals surface area contributed by atoms with Crippen LogP contribution < -0.4 is 0 Å². The molecule has 1 aromatic heterocycles. The first-order chi connectivity index (χ1) is 10.3. The molecule has 0 bridgehead atoms. The lowest BCUT2D eigenvalue weighted by molar-refractivity contribution is -0.137. The van der Waals surface area contributed by atoms with Crippen molar-refractivity contribution in [2.45, 2.75) is 6.92 Å². The highest BCUT2D eigenvalue weighted by Crippen LogP contribution is 2.10. The van der Waals surface area contributed by atoms with Crippen LogP contribution in [0.1, 0.15) is 23.6 Å². The molecular weight excluding hydrogens is 262 g/mol. The van der Waals surface area contributed by atoms with Gasteiger partial charge in [0, 0.05) is 18.5 Å². The second kappa shape index (κ2) is 7.80. The summed E-state index contributed by atoms with van der Waals surface area (Å²) < 4.78 is 4.83. The Balaban J connectivity index is 1.99. The summed E-state index contributed by atoms with van der Waals surface area (Å²) in [4.78, 5) is 15.2. The van der Waals surface area contributed by atoms with Gasteiger partial charge in [-0.25, -0.2) is 4.79 Å². The molecule has 2 aromatic rings. The van der Waals surface area contributed by atoms with E-state index in [2.05, 4.69) is 4.98 Å². The minimum absolute atomic E-state index is 0.320. The number of benzene rings is 1. The first-order valence-electron chi connectivity index (χ1n) is 6.81. The molecule has 0 N–H and O–H groups in total. The highest BCUT2D eigenvalue weighted by molar-refractivity contribution is 5.87. The van der Waals surface area contributed by atoms with Gasteiger partial charge in [0.05, 0.1) is 6.61 Å². The molecule has 0 aliphatic rings. The van der Waals surface area contributed by atoms with Gasteiger partial charge >= 0.3 is 5.97 Å². The zero-order chi connectivity index (χ0) is 14.9. The Bertz CT molecular complexity index is 628. The fraction of sp³-hybridized carbons (Fsp3) is 0.111. The van der Waals surface area contributed by atoms with Gasteiger partial charge in [0.25, 0.3) is 0 Å². The molecule has 0 aliphatic carbocycles. The molecule has 1 heterocycles. The number of rotatable bonds is 5. The predicted octanol–water partition coefficient (Wildman–Crippen LogP) is 3.83. The number of hydrogen-bond acceptors (Lipinski definition) is 3. The molecule has 1 aromatic carbocycles. The molecule has 0 amide bonds. The zero-order valence-corrected chi connectivity index (χ0v) is 11.9. The van der Waals surface area contributed by atoms with E-state index in [-0.39, 0.29) is 5.97 Å². The molecule has 0 atom stereocenters. The molecular formula is C18H17NO2. The molecule has 0 saturated carbocycles. The van der Waals surface area contributed by atoms with Crippen LogP contribution in [0, 0.1) is 0 Å². The van der Waals surface area contributed by atoms with Crippen LogP contribution in [0.5, 0.6) is 0 Å². The molecule has 0 fully saturated rings. The largest absolute Gasteiger partial charge is 0.463 e. The normalized spacial score (nSPS) is 11.1. The van der Waals surface area contributed by atoms with E-state index in [0.717, 1.165) is 16.7 Å². The first-order valence-corrected chi connectivity index (χ1v) is 6.81. The fourth-order valence-corrected chi connectivity index (χ4v) is 1.74. The Morgan fingerprint density at radius 3 is 2.05 bits per heavy atom. The average Bonchev–Trinajstić information content (AvgIpc) is 2.53. The number of pyridine rings is 1. The van der Waals surface area contributed by atoms with Crippen LogP contribution >= 0.6 is 0 Å². The van der Waals surface area contributed by atoms with E-state index in [4.69, 9.17) is 4.74 Å². The van der Waals surface area contributed by atoms with Crippen molar-refractivity contribution >= 4 is 24.2 Å². The molecule has 21 heavy (non-hydrogen) atoms. The van der Waals surface area contributed by atoms with Crippen LogP contribution in [-0.4, -0.2) is 17.6 Å². The topological polar surface area (TPSA) is 39.2 Å². The van der Waals surface area contributed by atoms with Gasteiger partial charge in [-0.15, -0.1) is 0 Å². The lowest BCUT2D eigenvalue weighted by Crippen LogP contribution is -1.98. The molecule has 3 heteroatoms. The summed E-state index contributed by atoms with van der Waals surface area (Å²) in [6, 6.07) is 11.8. The summed E-state index contributed by atoms with van der Waals surface area (Å²) in [5, 5.41) is 0. The smallest absolute Gasteiger partial charge is 0.330 e. The summed E-state index contributed by atoms with van der Waals surface area (Å²) in [6.07, 6.45) is 10.8. The van der Waals surface area contributed by atoms with Crippen molar-refractivity contribution in [1.29, 1.82) is 0 Å². The average molecular weight is 279 g/mol. The molecule has 2 rings (SSSR count). The van der Waals surface area contributed by atoms with Crippen LogP contribution in [0.25, 0.3) is 18.2 Å². The zero-order valence-electron chi connectivity index (χ0n) is 11.9. The number of carbonyl (C=O) groups is 1. The van der Waals surface area contributed by atoms with Gasteiger partial charge in [-0.2, -0.15) is 0 Å². The van der Waals surface area contributed by atoms with Gasteiger partial charge in [-0.1, -0.05) is 36.4 Å². The van der Waals surface area contributed by atoms with Gasteiger partial charge in [0.15, 0.2) is 0 Å². The molecule has 0 radical (unpaired) electrons. The third-order valence-corrected chi connectivity index (χ3v) is 2.81. The Kier molecular flexibility index (Phi) is 5.47. The minimum Gasteiger partial charge on any atom is -0.463 e. The lowest BCUT2D eigenvalue weighted by atomic mass is 10.1. The van der Waals surface area contributed by atoms with E-state index in [1.807, 2.05) is 48.6 Å². The number of aromatic nitrogens is 1. The summed E-state index contributed by atoms with van der Waals surface area (Å²) in [6.45, 7) is 2.18. The van der Waals surface area contributed by atoms with Crippen LogP contribution in [0.4, 0.5) is 0 Å². The third-order valence-electron chi connectivity index (χ3n) is 2.81. The van der Waals surface area contributed by atoms with Crippen LogP contribution in [0.15, 0.2) is 54.9 Å². The SMILES string of the molecule is CCOC(=O)C=Cc1ccc(C=Cc2ccncc2)cc1. The van der Waals surface area contributed by atoms with Crippen molar-refractivity contribution in [3.8, 4) is 0 Å². The number of nitrogens with zero attached hydrogens (tertiary/aromatic N) is 1. The number of esters is 1. The quantitative estimate of drug-likeness (QED) is 0.617. The van der Waals surface area contributed by atoms with Crippen LogP contribution in [-0.2, 0) is 9.53 Å². The predicted molar refractivity (Wildman–Crippen MR) is 85.3 cm³/mol. The highest BCUT2D eigenvalue weighted by Gasteiger charge is 1.94. The van der Waals surface area contributed by atoms with Crippen LogP contribution in [0.3, 0.4) is 0 Å². The van der Waals surface area contributed by atoms with Crippen LogP contribution in [0.2, 0.25) is 0 Å². The van der Waals surface area contributed by atoms with Gasteiger partial charge < -0.3 is 4.74 Å². The van der Waals surface area contributed by atoms with E-state index in [1.165, 1.54) is 6.08 Å². The number of ether oxygens (including phenoxy) is 1. The molecule has 0 aliphatic heterocycles. The van der Waals surface area contributed by atoms with Gasteiger partial charge in [-0.3, -0.25) is 4.98 Å². The van der Waals surface area contributed by atoms with Gasteiger partial charge in [-0.05, 0) is 41.8 Å². The maximum atomic E-state index is 11.2. The Hall–Kier alpha value is -2.68. The lowest BCUT2D eigenvalue weighted by Gasteiger charge is -1.97. The van der Waals surface area contributed by atoms with E-state index in [0.29, 0.717) is 6.61 Å². The van der Waals surface area contributed by atoms with Crippen molar-refractivity contribution in [1.82, 2.24) is 4.98 Å². The van der Waals surface area contributed by atoms with Crippen molar-refractivity contribution < 1.29 is 9.53 Å². The maximum Gasteiger partial charge on any atom is 0.330 e. The number of carbonyl (C=O) groups excluding carboxylic acids is 1. The minimum atomic E-state index is -0.320. The molecule has 0 spiro atoms. The Morgan fingerprint density at radius 1 is 0.952 bits per heavy atom. The number of hydrogen-bond donors (Lipinski definition) is 0. The second-order valence-electron chi connectivity index (χ2n) is 4.37. The van der Waals surface area contributed by atoms with Crippen molar-refractivity contribution in [3.05, 3.63) is 71.6 Å². The molecule has 106 valence electrons. The third kappa shape index (κ3) is 5.07. The summed E-state index contributed by atoms with van der Waals surface area (Å²) in [7, 11) is 0. The van der Waals surface area contributed by atoms with Gasteiger partial charge in [0.1, 0.15) is 0 Å². The first kappa shape index (κ1) is 14.7. The molecule has 3 nitrogen and oxygen atoms in total. The van der Waals surface area contributed by atoms with Crippen molar-refractivity contribution in [2.24, 2.45) is 0 Å². The highest BCUT2D eigenvalue weighted by atomic mass is 16.5. The van der Waals surface area contributed by atoms with E-state index in [9.17, 15) is 4.79 Å². The second-order valence-corrected chi connectivity index (χ2v) is 4.37. The molecule has 0 unspecified atom stereocenters.